The molecule has 2 amide bonds. The highest BCUT2D eigenvalue weighted by Crippen LogP contribution is 2.26. The molecule has 2 aromatic rings. The van der Waals surface area contributed by atoms with Crippen LogP contribution in [-0.4, -0.2) is 49.6 Å². The normalized spacial score (nSPS) is 14.0. The quantitative estimate of drug-likeness (QED) is 0.752. The van der Waals surface area contributed by atoms with E-state index in [2.05, 4.69) is 34.4 Å². The van der Waals surface area contributed by atoms with Crippen LogP contribution in [0.1, 0.15) is 41.1 Å². The van der Waals surface area contributed by atoms with Crippen molar-refractivity contribution in [1.82, 2.24) is 10.3 Å². The zero-order chi connectivity index (χ0) is 20.6. The second-order valence-electron chi connectivity index (χ2n) is 7.44. The van der Waals surface area contributed by atoms with Crippen LogP contribution in [0.2, 0.25) is 0 Å². The summed E-state index contributed by atoms with van der Waals surface area (Å²) in [4.78, 5) is 31.4. The second-order valence-corrected chi connectivity index (χ2v) is 7.44. The molecule has 1 aliphatic rings. The molecule has 29 heavy (non-hydrogen) atoms. The van der Waals surface area contributed by atoms with E-state index in [1.165, 1.54) is 12.3 Å². The van der Waals surface area contributed by atoms with Crippen molar-refractivity contribution in [3.63, 3.8) is 0 Å². The molecule has 7 heteroatoms. The molecule has 1 aromatic carbocycles. The molecule has 1 saturated heterocycles. The predicted molar refractivity (Wildman–Crippen MR) is 113 cm³/mol. The average Bonchev–Trinajstić information content (AvgIpc) is 2.74. The number of para-hydroxylation sites is 2. The van der Waals surface area contributed by atoms with Crippen LogP contribution in [0, 0.1) is 5.92 Å². The molecule has 154 valence electrons. The Bertz CT molecular complexity index is 847. The molecule has 2 N–H and O–H groups in total. The smallest absolute Gasteiger partial charge is 0.274 e. The number of nitrogens with zero attached hydrogens (tertiary/aromatic N) is 2. The molecule has 1 aromatic heterocycles. The first kappa shape index (κ1) is 20.8. The van der Waals surface area contributed by atoms with Gasteiger partial charge in [0, 0.05) is 31.4 Å². The van der Waals surface area contributed by atoms with Gasteiger partial charge in [-0.2, -0.15) is 0 Å². The number of benzene rings is 1. The highest BCUT2D eigenvalue weighted by molar-refractivity contribution is 6.06. The van der Waals surface area contributed by atoms with Gasteiger partial charge in [0.2, 0.25) is 0 Å². The van der Waals surface area contributed by atoms with Crippen molar-refractivity contribution in [2.75, 3.05) is 43.1 Å². The first-order valence-electron chi connectivity index (χ1n) is 10.0. The predicted octanol–water partition coefficient (Wildman–Crippen LogP) is 2.95. The number of amides is 2. The van der Waals surface area contributed by atoms with Crippen molar-refractivity contribution in [2.24, 2.45) is 5.92 Å². The summed E-state index contributed by atoms with van der Waals surface area (Å²) in [6.45, 7) is 7.70. The molecule has 3 rings (SSSR count). The van der Waals surface area contributed by atoms with E-state index in [0.29, 0.717) is 36.9 Å². The van der Waals surface area contributed by atoms with E-state index < -0.39 is 0 Å². The third-order valence-corrected chi connectivity index (χ3v) is 4.77. The molecule has 0 atom stereocenters. The summed E-state index contributed by atoms with van der Waals surface area (Å²) in [5.74, 6) is -0.0287. The third kappa shape index (κ3) is 5.77. The maximum atomic E-state index is 12.8. The lowest BCUT2D eigenvalue weighted by atomic mass is 10.1. The highest BCUT2D eigenvalue weighted by Gasteiger charge is 2.17. The number of aromatic nitrogens is 1. The van der Waals surface area contributed by atoms with Gasteiger partial charge in [-0.1, -0.05) is 26.0 Å². The van der Waals surface area contributed by atoms with Gasteiger partial charge >= 0.3 is 0 Å². The molecule has 0 bridgehead atoms. The molecule has 0 radical (unpaired) electrons. The van der Waals surface area contributed by atoms with Gasteiger partial charge in [0.15, 0.2) is 0 Å². The van der Waals surface area contributed by atoms with Crippen LogP contribution >= 0.6 is 0 Å². The maximum absolute atomic E-state index is 12.8. The fourth-order valence-corrected chi connectivity index (χ4v) is 3.12. The van der Waals surface area contributed by atoms with Crippen LogP contribution in [0.3, 0.4) is 0 Å². The summed E-state index contributed by atoms with van der Waals surface area (Å²) in [6.07, 6.45) is 2.39. The van der Waals surface area contributed by atoms with Crippen LogP contribution in [0.5, 0.6) is 0 Å². The van der Waals surface area contributed by atoms with Gasteiger partial charge < -0.3 is 20.3 Å². The minimum atomic E-state index is -0.345. The number of pyridine rings is 1. The van der Waals surface area contributed by atoms with Crippen molar-refractivity contribution in [1.29, 1.82) is 0 Å². The molecule has 7 nitrogen and oxygen atoms in total. The Morgan fingerprint density at radius 2 is 1.90 bits per heavy atom. The minimum absolute atomic E-state index is 0.198. The van der Waals surface area contributed by atoms with Crippen LogP contribution in [-0.2, 0) is 4.74 Å². The highest BCUT2D eigenvalue weighted by atomic mass is 16.5. The Morgan fingerprint density at radius 3 is 2.66 bits per heavy atom. The number of hydrogen-bond acceptors (Lipinski definition) is 5. The van der Waals surface area contributed by atoms with Gasteiger partial charge in [-0.25, -0.2) is 0 Å². The van der Waals surface area contributed by atoms with Crippen molar-refractivity contribution < 1.29 is 14.3 Å². The number of ether oxygens (including phenoxy) is 1. The molecule has 0 saturated carbocycles. The lowest BCUT2D eigenvalue weighted by Gasteiger charge is -2.30. The summed E-state index contributed by atoms with van der Waals surface area (Å²) in [5.41, 5.74) is 2.30. The number of morpholine rings is 1. The van der Waals surface area contributed by atoms with E-state index in [1.54, 1.807) is 6.07 Å². The van der Waals surface area contributed by atoms with Gasteiger partial charge in [-0.3, -0.25) is 14.6 Å². The lowest BCUT2D eigenvalue weighted by molar-refractivity contribution is 0.0952. The molecular weight excluding hydrogens is 368 g/mol. The van der Waals surface area contributed by atoms with Gasteiger partial charge in [0.1, 0.15) is 5.69 Å². The number of carbonyl (C=O) groups excluding carboxylic acids is 2. The summed E-state index contributed by atoms with van der Waals surface area (Å²) < 4.78 is 5.41. The fourth-order valence-electron chi connectivity index (χ4n) is 3.12. The Balaban J connectivity index is 1.69. The number of hydrogen-bond donors (Lipinski definition) is 2. The molecule has 0 spiro atoms. The standard InChI is InChI=1S/C22H28N4O3/c1-16(2)7-9-24-21(27)17-8-10-23-19(15-17)22(28)25-18-5-3-4-6-20(18)26-11-13-29-14-12-26/h3-6,8,10,15-16H,7,9,11-14H2,1-2H3,(H,24,27)(H,25,28). The third-order valence-electron chi connectivity index (χ3n) is 4.77. The Labute approximate surface area is 171 Å². The second kappa shape index (κ2) is 10.0. The van der Waals surface area contributed by atoms with E-state index in [4.69, 9.17) is 4.74 Å². The van der Waals surface area contributed by atoms with Crippen molar-refractivity contribution in [3.05, 3.63) is 53.9 Å². The van der Waals surface area contributed by atoms with E-state index in [0.717, 1.165) is 25.2 Å². The molecular formula is C22H28N4O3. The summed E-state index contributed by atoms with van der Waals surface area (Å²) in [5, 5.41) is 5.81. The Hall–Kier alpha value is -2.93. The topological polar surface area (TPSA) is 83.6 Å². The van der Waals surface area contributed by atoms with Crippen LogP contribution < -0.4 is 15.5 Å². The molecule has 1 fully saturated rings. The van der Waals surface area contributed by atoms with Gasteiger partial charge in [0.05, 0.1) is 24.6 Å². The Morgan fingerprint density at radius 1 is 1.14 bits per heavy atom. The number of rotatable bonds is 7. The molecule has 0 aliphatic carbocycles. The van der Waals surface area contributed by atoms with Gasteiger partial charge in [-0.15, -0.1) is 0 Å². The fraction of sp³-hybridized carbons (Fsp3) is 0.409. The molecule has 0 unspecified atom stereocenters. The first-order valence-corrected chi connectivity index (χ1v) is 10.0. The van der Waals surface area contributed by atoms with Gasteiger partial charge in [-0.05, 0) is 36.6 Å². The van der Waals surface area contributed by atoms with Crippen LogP contribution in [0.4, 0.5) is 11.4 Å². The number of nitrogens with one attached hydrogen (secondary N) is 2. The van der Waals surface area contributed by atoms with Gasteiger partial charge in [0.25, 0.3) is 11.8 Å². The Kier molecular flexibility index (Phi) is 7.19. The summed E-state index contributed by atoms with van der Waals surface area (Å²) >= 11 is 0. The minimum Gasteiger partial charge on any atom is -0.378 e. The zero-order valence-corrected chi connectivity index (χ0v) is 17.0. The SMILES string of the molecule is CC(C)CCNC(=O)c1ccnc(C(=O)Nc2ccccc2N2CCOCC2)c1. The van der Waals surface area contributed by atoms with Crippen molar-refractivity contribution in [2.45, 2.75) is 20.3 Å². The lowest BCUT2D eigenvalue weighted by Crippen LogP contribution is -2.36. The molecule has 2 heterocycles. The number of carbonyl (C=O) groups is 2. The van der Waals surface area contributed by atoms with Crippen LogP contribution in [0.25, 0.3) is 0 Å². The summed E-state index contributed by atoms with van der Waals surface area (Å²) in [6, 6.07) is 10.8. The monoisotopic (exact) mass is 396 g/mol. The van der Waals surface area contributed by atoms with Crippen molar-refractivity contribution >= 4 is 23.2 Å². The molecule has 1 aliphatic heterocycles. The van der Waals surface area contributed by atoms with Crippen molar-refractivity contribution in [3.8, 4) is 0 Å². The first-order chi connectivity index (χ1) is 14.0. The largest absolute Gasteiger partial charge is 0.378 e. The van der Waals surface area contributed by atoms with E-state index in [9.17, 15) is 9.59 Å². The average molecular weight is 396 g/mol. The van der Waals surface area contributed by atoms with Crippen LogP contribution in [0.15, 0.2) is 42.6 Å². The van der Waals surface area contributed by atoms with E-state index in [1.807, 2.05) is 24.3 Å². The van der Waals surface area contributed by atoms with E-state index >= 15 is 0 Å². The summed E-state index contributed by atoms with van der Waals surface area (Å²) in [7, 11) is 0. The van der Waals surface area contributed by atoms with E-state index in [-0.39, 0.29) is 17.5 Å². The zero-order valence-electron chi connectivity index (χ0n) is 17.0. The maximum Gasteiger partial charge on any atom is 0.274 e. The number of anilines is 2.